The van der Waals surface area contributed by atoms with E-state index in [1.807, 2.05) is 24.3 Å². The fourth-order valence-electron chi connectivity index (χ4n) is 4.98. The maximum atomic E-state index is 13.3. The summed E-state index contributed by atoms with van der Waals surface area (Å²) in [7, 11) is 3.80. The SMILES string of the molecule is COc1ccc(OCC2CCN(C(=O)[C@@]34CNC[C@@H]3CN(C)C4)CC2)cc1.Cl.Cl. The maximum Gasteiger partial charge on any atom is 0.231 e. The molecule has 6 nitrogen and oxygen atoms in total. The fraction of sp³-hybridized carbons (Fsp3) is 0.667. The Labute approximate surface area is 186 Å². The predicted molar refractivity (Wildman–Crippen MR) is 119 cm³/mol. The lowest BCUT2D eigenvalue weighted by Crippen LogP contribution is -2.51. The summed E-state index contributed by atoms with van der Waals surface area (Å²) in [4.78, 5) is 17.7. The second-order valence-electron chi connectivity index (χ2n) is 8.40. The first-order chi connectivity index (χ1) is 13.1. The molecule has 0 bridgehead atoms. The summed E-state index contributed by atoms with van der Waals surface area (Å²) in [5.74, 6) is 3.06. The van der Waals surface area contributed by atoms with Crippen LogP contribution in [0.3, 0.4) is 0 Å². The number of methoxy groups -OCH3 is 1. The summed E-state index contributed by atoms with van der Waals surface area (Å²) >= 11 is 0. The lowest BCUT2D eigenvalue weighted by molar-refractivity contribution is -0.143. The third-order valence-corrected chi connectivity index (χ3v) is 6.57. The number of likely N-dealkylation sites (tertiary alicyclic amines) is 2. The molecule has 3 heterocycles. The molecule has 1 amide bonds. The molecular formula is C21H33Cl2N3O3. The first-order valence-electron chi connectivity index (χ1n) is 10.1. The van der Waals surface area contributed by atoms with E-state index < -0.39 is 0 Å². The van der Waals surface area contributed by atoms with Gasteiger partial charge in [-0.05, 0) is 50.1 Å². The van der Waals surface area contributed by atoms with Gasteiger partial charge in [0.1, 0.15) is 11.5 Å². The Morgan fingerprint density at radius 3 is 2.48 bits per heavy atom. The van der Waals surface area contributed by atoms with Crippen molar-refractivity contribution in [1.29, 1.82) is 0 Å². The normalized spacial score (nSPS) is 27.0. The van der Waals surface area contributed by atoms with Crippen molar-refractivity contribution in [1.82, 2.24) is 15.1 Å². The first kappa shape index (κ1) is 24.1. The number of rotatable bonds is 5. The second-order valence-corrected chi connectivity index (χ2v) is 8.40. The summed E-state index contributed by atoms with van der Waals surface area (Å²) in [6, 6.07) is 7.72. The van der Waals surface area contributed by atoms with Gasteiger partial charge in [0.25, 0.3) is 0 Å². The van der Waals surface area contributed by atoms with Crippen LogP contribution in [0.5, 0.6) is 11.5 Å². The highest BCUT2D eigenvalue weighted by Crippen LogP contribution is 2.40. The molecule has 4 rings (SSSR count). The maximum absolute atomic E-state index is 13.3. The zero-order valence-electron chi connectivity index (χ0n) is 17.3. The standard InChI is InChI=1S/C21H31N3O3.2ClH/c1-23-12-17-11-22-14-21(17,15-23)20(25)24-9-7-16(8-10-24)13-27-19-5-3-18(26-2)4-6-19;;/h3-6,16-17,22H,7-15H2,1-2H3;2*1H/t17-,21-;;/m1../s1. The first-order valence-corrected chi connectivity index (χ1v) is 10.1. The number of halogens is 2. The molecule has 3 aliphatic rings. The quantitative estimate of drug-likeness (QED) is 0.753. The summed E-state index contributed by atoms with van der Waals surface area (Å²) in [6.07, 6.45) is 2.04. The van der Waals surface area contributed by atoms with E-state index in [4.69, 9.17) is 9.47 Å². The van der Waals surface area contributed by atoms with Gasteiger partial charge >= 0.3 is 0 Å². The van der Waals surface area contributed by atoms with Crippen molar-refractivity contribution in [3.05, 3.63) is 24.3 Å². The van der Waals surface area contributed by atoms with Crippen LogP contribution in [0.1, 0.15) is 12.8 Å². The number of fused-ring (bicyclic) bond motifs is 1. The van der Waals surface area contributed by atoms with Crippen LogP contribution >= 0.6 is 24.8 Å². The topological polar surface area (TPSA) is 54.0 Å². The van der Waals surface area contributed by atoms with Gasteiger partial charge < -0.3 is 24.6 Å². The minimum Gasteiger partial charge on any atom is -0.497 e. The average Bonchev–Trinajstić information content (AvgIpc) is 3.23. The molecule has 1 N–H and O–H groups in total. The van der Waals surface area contributed by atoms with Crippen molar-refractivity contribution in [2.75, 3.05) is 60.0 Å². The highest BCUT2D eigenvalue weighted by Gasteiger charge is 2.55. The van der Waals surface area contributed by atoms with Crippen LogP contribution in [-0.4, -0.2) is 75.7 Å². The molecule has 3 fully saturated rings. The Kier molecular flexibility index (Phi) is 8.47. The van der Waals surface area contributed by atoms with E-state index in [9.17, 15) is 4.79 Å². The Hall–Kier alpha value is -1.21. The molecule has 0 aromatic heterocycles. The van der Waals surface area contributed by atoms with Gasteiger partial charge in [-0.15, -0.1) is 24.8 Å². The number of carbonyl (C=O) groups excluding carboxylic acids is 1. The number of hydrogen-bond donors (Lipinski definition) is 1. The predicted octanol–water partition coefficient (Wildman–Crippen LogP) is 2.31. The lowest BCUT2D eigenvalue weighted by Gasteiger charge is -2.38. The molecule has 0 spiro atoms. The van der Waals surface area contributed by atoms with Gasteiger partial charge in [-0.2, -0.15) is 0 Å². The molecule has 0 unspecified atom stereocenters. The van der Waals surface area contributed by atoms with Crippen molar-refractivity contribution in [2.45, 2.75) is 12.8 Å². The van der Waals surface area contributed by atoms with E-state index in [0.717, 1.165) is 63.6 Å². The summed E-state index contributed by atoms with van der Waals surface area (Å²) in [6.45, 7) is 6.16. The summed E-state index contributed by atoms with van der Waals surface area (Å²) in [5.41, 5.74) is -0.193. The van der Waals surface area contributed by atoms with Gasteiger partial charge in [-0.25, -0.2) is 0 Å². The molecule has 0 aliphatic carbocycles. The molecule has 164 valence electrons. The van der Waals surface area contributed by atoms with Crippen molar-refractivity contribution in [3.63, 3.8) is 0 Å². The van der Waals surface area contributed by atoms with Crippen LogP contribution in [0.15, 0.2) is 24.3 Å². The Morgan fingerprint density at radius 1 is 1.17 bits per heavy atom. The molecule has 29 heavy (non-hydrogen) atoms. The van der Waals surface area contributed by atoms with E-state index in [1.165, 1.54) is 0 Å². The van der Waals surface area contributed by atoms with Gasteiger partial charge in [0.05, 0.1) is 19.1 Å². The summed E-state index contributed by atoms with van der Waals surface area (Å²) < 4.78 is 11.1. The number of amides is 1. The summed E-state index contributed by atoms with van der Waals surface area (Å²) in [5, 5.41) is 3.46. The van der Waals surface area contributed by atoms with Crippen molar-refractivity contribution in [2.24, 2.45) is 17.3 Å². The minimum absolute atomic E-state index is 0. The van der Waals surface area contributed by atoms with Gasteiger partial charge in [0.15, 0.2) is 0 Å². The number of piperidine rings is 1. The number of benzene rings is 1. The molecule has 8 heteroatoms. The van der Waals surface area contributed by atoms with Gasteiger partial charge in [0, 0.05) is 45.2 Å². The Bertz CT molecular complexity index is 668. The third-order valence-electron chi connectivity index (χ3n) is 6.57. The second kappa shape index (κ2) is 10.2. The molecule has 1 aromatic rings. The Morgan fingerprint density at radius 2 is 1.83 bits per heavy atom. The zero-order chi connectivity index (χ0) is 18.9. The van der Waals surface area contributed by atoms with Crippen LogP contribution < -0.4 is 14.8 Å². The minimum atomic E-state index is -0.193. The number of nitrogens with zero attached hydrogens (tertiary/aromatic N) is 2. The van der Waals surface area contributed by atoms with E-state index in [1.54, 1.807) is 7.11 Å². The van der Waals surface area contributed by atoms with Crippen molar-refractivity contribution in [3.8, 4) is 11.5 Å². The van der Waals surface area contributed by atoms with Crippen molar-refractivity contribution < 1.29 is 14.3 Å². The van der Waals surface area contributed by atoms with E-state index in [-0.39, 0.29) is 30.2 Å². The lowest BCUT2D eigenvalue weighted by atomic mass is 9.79. The largest absolute Gasteiger partial charge is 0.497 e. The van der Waals surface area contributed by atoms with Crippen LogP contribution in [0.2, 0.25) is 0 Å². The highest BCUT2D eigenvalue weighted by molar-refractivity contribution is 5.86. The van der Waals surface area contributed by atoms with Crippen LogP contribution in [0.25, 0.3) is 0 Å². The molecular weight excluding hydrogens is 413 g/mol. The number of ether oxygens (including phenoxy) is 2. The highest BCUT2D eigenvalue weighted by atomic mass is 35.5. The molecule has 3 saturated heterocycles. The smallest absolute Gasteiger partial charge is 0.231 e. The molecule has 0 saturated carbocycles. The number of carbonyl (C=O) groups is 1. The van der Waals surface area contributed by atoms with Gasteiger partial charge in [0.2, 0.25) is 5.91 Å². The third kappa shape index (κ3) is 4.93. The van der Waals surface area contributed by atoms with E-state index in [2.05, 4.69) is 22.2 Å². The van der Waals surface area contributed by atoms with Crippen LogP contribution in [0.4, 0.5) is 0 Å². The van der Waals surface area contributed by atoms with Gasteiger partial charge in [-0.3, -0.25) is 4.79 Å². The average molecular weight is 446 g/mol. The zero-order valence-corrected chi connectivity index (χ0v) is 18.9. The van der Waals surface area contributed by atoms with Crippen LogP contribution in [-0.2, 0) is 4.79 Å². The molecule has 3 aliphatic heterocycles. The number of nitrogens with one attached hydrogen (secondary N) is 1. The molecule has 1 aromatic carbocycles. The van der Waals surface area contributed by atoms with Crippen LogP contribution in [0, 0.1) is 17.3 Å². The number of hydrogen-bond acceptors (Lipinski definition) is 5. The molecule has 0 radical (unpaired) electrons. The molecule has 2 atom stereocenters. The Balaban J connectivity index is 0.00000150. The van der Waals surface area contributed by atoms with Crippen molar-refractivity contribution >= 4 is 30.7 Å². The van der Waals surface area contributed by atoms with E-state index >= 15 is 0 Å². The monoisotopic (exact) mass is 445 g/mol. The fourth-order valence-corrected chi connectivity index (χ4v) is 4.98. The van der Waals surface area contributed by atoms with Gasteiger partial charge in [-0.1, -0.05) is 0 Å². The van der Waals surface area contributed by atoms with E-state index in [0.29, 0.717) is 24.3 Å².